The molecule has 2 rings (SSSR count). The summed E-state index contributed by atoms with van der Waals surface area (Å²) in [4.78, 5) is 12.1. The Morgan fingerprint density at radius 2 is 1.88 bits per heavy atom. The average Bonchev–Trinajstić information content (AvgIpc) is 2.32. The van der Waals surface area contributed by atoms with Gasteiger partial charge in [0.25, 0.3) is 0 Å². The van der Waals surface area contributed by atoms with E-state index in [0.29, 0.717) is 10.0 Å². The van der Waals surface area contributed by atoms with Gasteiger partial charge in [0, 0.05) is 9.13 Å². The molecule has 0 N–H and O–H groups in total. The first-order chi connectivity index (χ1) is 8.09. The van der Waals surface area contributed by atoms with Crippen LogP contribution in [-0.2, 0) is 0 Å². The molecule has 86 valence electrons. The van der Waals surface area contributed by atoms with Gasteiger partial charge in [0.15, 0.2) is 5.78 Å². The predicted molar refractivity (Wildman–Crippen MR) is 76.7 cm³/mol. The maximum Gasteiger partial charge on any atom is 0.196 e. The Morgan fingerprint density at radius 3 is 2.59 bits per heavy atom. The number of rotatable bonds is 2. The summed E-state index contributed by atoms with van der Waals surface area (Å²) >= 11 is 5.19. The number of carbonyl (C=O) groups is 1. The maximum atomic E-state index is 13.8. The number of ketones is 1. The van der Waals surface area contributed by atoms with Gasteiger partial charge in [-0.2, -0.15) is 0 Å². The number of halogens is 3. The Bertz CT molecular complexity index is 583. The monoisotopic (exact) mass is 404 g/mol. The zero-order valence-corrected chi connectivity index (χ0v) is 12.3. The van der Waals surface area contributed by atoms with E-state index in [1.54, 1.807) is 30.3 Å². The SMILES string of the molecule is O=C(c1cccc(I)c1)c1cccc(Br)c1F. The quantitative estimate of drug-likeness (QED) is 0.534. The zero-order valence-electron chi connectivity index (χ0n) is 8.58. The van der Waals surface area contributed by atoms with Crippen LogP contribution in [0.1, 0.15) is 15.9 Å². The van der Waals surface area contributed by atoms with Crippen LogP contribution >= 0.6 is 38.5 Å². The van der Waals surface area contributed by atoms with Crippen LogP contribution in [0.15, 0.2) is 46.9 Å². The van der Waals surface area contributed by atoms with E-state index in [1.165, 1.54) is 6.07 Å². The molecule has 1 nitrogen and oxygen atoms in total. The summed E-state index contributed by atoms with van der Waals surface area (Å²) < 4.78 is 15.0. The molecule has 0 amide bonds. The molecule has 2 aromatic carbocycles. The van der Waals surface area contributed by atoms with Crippen molar-refractivity contribution >= 4 is 44.3 Å². The van der Waals surface area contributed by atoms with Gasteiger partial charge in [0.2, 0.25) is 0 Å². The number of benzene rings is 2. The molecule has 0 aromatic heterocycles. The summed E-state index contributed by atoms with van der Waals surface area (Å²) in [6.07, 6.45) is 0. The van der Waals surface area contributed by atoms with Crippen LogP contribution in [0, 0.1) is 9.39 Å². The average molecular weight is 405 g/mol. The Labute approximate surface area is 120 Å². The van der Waals surface area contributed by atoms with Crippen molar-refractivity contribution in [2.24, 2.45) is 0 Å². The van der Waals surface area contributed by atoms with Crippen molar-refractivity contribution in [3.8, 4) is 0 Å². The second-order valence-electron chi connectivity index (χ2n) is 3.44. The fourth-order valence-corrected chi connectivity index (χ4v) is 2.37. The fourth-order valence-electron chi connectivity index (χ4n) is 1.46. The lowest BCUT2D eigenvalue weighted by Crippen LogP contribution is -2.04. The first kappa shape index (κ1) is 12.7. The van der Waals surface area contributed by atoms with E-state index in [1.807, 2.05) is 6.07 Å². The molecular weight excluding hydrogens is 398 g/mol. The minimum atomic E-state index is -0.517. The summed E-state index contributed by atoms with van der Waals surface area (Å²) in [5, 5.41) is 0. The normalized spacial score (nSPS) is 10.3. The standard InChI is InChI=1S/C13H7BrFIO/c14-11-6-2-5-10(12(11)15)13(17)8-3-1-4-9(16)7-8/h1-7H. The summed E-state index contributed by atoms with van der Waals surface area (Å²) in [5.74, 6) is -0.821. The van der Waals surface area contributed by atoms with E-state index in [9.17, 15) is 9.18 Å². The molecule has 4 heteroatoms. The maximum absolute atomic E-state index is 13.8. The second kappa shape index (κ2) is 5.27. The number of hydrogen-bond donors (Lipinski definition) is 0. The molecule has 0 unspecified atom stereocenters. The molecule has 0 saturated heterocycles. The van der Waals surface area contributed by atoms with Crippen molar-refractivity contribution in [2.75, 3.05) is 0 Å². The fraction of sp³-hybridized carbons (Fsp3) is 0. The van der Waals surface area contributed by atoms with Gasteiger partial charge in [-0.1, -0.05) is 18.2 Å². The third-order valence-electron chi connectivity index (χ3n) is 2.28. The predicted octanol–water partition coefficient (Wildman–Crippen LogP) is 4.42. The van der Waals surface area contributed by atoms with Gasteiger partial charge < -0.3 is 0 Å². The molecule has 0 atom stereocenters. The summed E-state index contributed by atoms with van der Waals surface area (Å²) in [5.41, 5.74) is 0.579. The highest BCUT2D eigenvalue weighted by Crippen LogP contribution is 2.21. The van der Waals surface area contributed by atoms with E-state index >= 15 is 0 Å². The second-order valence-corrected chi connectivity index (χ2v) is 5.54. The lowest BCUT2D eigenvalue weighted by molar-refractivity contribution is 0.103. The van der Waals surface area contributed by atoms with E-state index in [0.717, 1.165) is 3.57 Å². The minimum absolute atomic E-state index is 0.0846. The van der Waals surface area contributed by atoms with Crippen molar-refractivity contribution in [3.05, 3.63) is 67.5 Å². The van der Waals surface area contributed by atoms with Crippen LogP contribution in [0.5, 0.6) is 0 Å². The van der Waals surface area contributed by atoms with Gasteiger partial charge in [0.05, 0.1) is 10.0 Å². The van der Waals surface area contributed by atoms with Crippen LogP contribution < -0.4 is 0 Å². The lowest BCUT2D eigenvalue weighted by Gasteiger charge is -2.04. The van der Waals surface area contributed by atoms with Crippen molar-refractivity contribution in [2.45, 2.75) is 0 Å². The summed E-state index contributed by atoms with van der Waals surface area (Å²) in [6.45, 7) is 0. The summed E-state index contributed by atoms with van der Waals surface area (Å²) in [6, 6.07) is 11.8. The molecule has 0 radical (unpaired) electrons. The van der Waals surface area contributed by atoms with Crippen molar-refractivity contribution in [1.82, 2.24) is 0 Å². The molecule has 0 spiro atoms. The summed E-state index contributed by atoms with van der Waals surface area (Å²) in [7, 11) is 0. The van der Waals surface area contributed by atoms with E-state index < -0.39 is 5.82 Å². The lowest BCUT2D eigenvalue weighted by atomic mass is 10.0. The Morgan fingerprint density at radius 1 is 1.18 bits per heavy atom. The van der Waals surface area contributed by atoms with Crippen molar-refractivity contribution in [1.29, 1.82) is 0 Å². The molecule has 0 heterocycles. The smallest absolute Gasteiger partial charge is 0.196 e. The van der Waals surface area contributed by atoms with Crippen LogP contribution in [0.4, 0.5) is 4.39 Å². The van der Waals surface area contributed by atoms with Crippen LogP contribution in [0.3, 0.4) is 0 Å². The molecule has 0 saturated carbocycles. The molecule has 0 aliphatic carbocycles. The first-order valence-corrected chi connectivity index (χ1v) is 6.71. The molecule has 2 aromatic rings. The van der Waals surface area contributed by atoms with Crippen LogP contribution in [0.2, 0.25) is 0 Å². The number of carbonyl (C=O) groups excluding carboxylic acids is 1. The Hall–Kier alpha value is -0.750. The van der Waals surface area contributed by atoms with Crippen molar-refractivity contribution in [3.63, 3.8) is 0 Å². The molecule has 0 aliphatic rings. The Kier molecular flexibility index (Phi) is 3.93. The van der Waals surface area contributed by atoms with Gasteiger partial charge in [-0.25, -0.2) is 4.39 Å². The topological polar surface area (TPSA) is 17.1 Å². The molecule has 0 aliphatic heterocycles. The number of hydrogen-bond acceptors (Lipinski definition) is 1. The Balaban J connectivity index is 2.48. The third-order valence-corrected chi connectivity index (χ3v) is 3.57. The van der Waals surface area contributed by atoms with E-state index in [-0.39, 0.29) is 11.3 Å². The highest BCUT2D eigenvalue weighted by atomic mass is 127. The highest BCUT2D eigenvalue weighted by Gasteiger charge is 2.15. The van der Waals surface area contributed by atoms with Crippen molar-refractivity contribution < 1.29 is 9.18 Å². The van der Waals surface area contributed by atoms with E-state index in [2.05, 4.69) is 38.5 Å². The van der Waals surface area contributed by atoms with Gasteiger partial charge in [0.1, 0.15) is 5.82 Å². The van der Waals surface area contributed by atoms with Gasteiger partial charge in [-0.05, 0) is 62.8 Å². The van der Waals surface area contributed by atoms with Crippen LogP contribution in [0.25, 0.3) is 0 Å². The molecule has 0 bridgehead atoms. The minimum Gasteiger partial charge on any atom is -0.288 e. The van der Waals surface area contributed by atoms with E-state index in [4.69, 9.17) is 0 Å². The molecular formula is C13H7BrFIO. The van der Waals surface area contributed by atoms with Gasteiger partial charge in [-0.3, -0.25) is 4.79 Å². The third kappa shape index (κ3) is 2.74. The molecule has 17 heavy (non-hydrogen) atoms. The molecule has 0 fully saturated rings. The van der Waals surface area contributed by atoms with Gasteiger partial charge in [-0.15, -0.1) is 0 Å². The van der Waals surface area contributed by atoms with Crippen LogP contribution in [-0.4, -0.2) is 5.78 Å². The van der Waals surface area contributed by atoms with Gasteiger partial charge >= 0.3 is 0 Å². The highest BCUT2D eigenvalue weighted by molar-refractivity contribution is 14.1. The largest absolute Gasteiger partial charge is 0.288 e. The first-order valence-electron chi connectivity index (χ1n) is 4.84. The zero-order chi connectivity index (χ0) is 12.4.